The summed E-state index contributed by atoms with van der Waals surface area (Å²) in [5.41, 5.74) is 3.46. The molecule has 0 saturated carbocycles. The number of para-hydroxylation sites is 1. The lowest BCUT2D eigenvalue weighted by atomic mass is 10.0. The molecule has 0 aliphatic carbocycles. The minimum absolute atomic E-state index is 0.946. The number of hydrogen-bond acceptors (Lipinski definition) is 3. The lowest BCUT2D eigenvalue weighted by Crippen LogP contribution is -2.28. The van der Waals surface area contributed by atoms with Gasteiger partial charge in [-0.15, -0.1) is 0 Å². The first kappa shape index (κ1) is 9.06. The maximum Gasteiger partial charge on any atom is 0.106 e. The Bertz CT molecular complexity index is 360. The summed E-state index contributed by atoms with van der Waals surface area (Å²) in [4.78, 5) is 7.08. The van der Waals surface area contributed by atoms with Gasteiger partial charge in [0.05, 0.1) is 5.71 Å². The molecule has 1 heterocycles. The minimum atomic E-state index is 0.946. The summed E-state index contributed by atoms with van der Waals surface area (Å²) in [5.74, 6) is 0. The molecule has 0 bridgehead atoms. The van der Waals surface area contributed by atoms with Crippen molar-refractivity contribution in [1.82, 2.24) is 0 Å². The Morgan fingerprint density at radius 2 is 2.14 bits per heavy atom. The first-order chi connectivity index (χ1) is 6.83. The molecular weight excluding hydrogens is 176 g/mol. The normalized spacial score (nSPS) is 18.1. The standard InChI is InChI=1S/C11H14N2O/c1-13-8-7-10(12-14-2)9-5-3-4-6-11(9)13/h3-6H,7-8H2,1-2H3/b12-10+. The molecule has 0 aromatic heterocycles. The van der Waals surface area contributed by atoms with Gasteiger partial charge in [0.1, 0.15) is 7.11 Å². The molecule has 3 heteroatoms. The number of nitrogens with zero attached hydrogens (tertiary/aromatic N) is 2. The van der Waals surface area contributed by atoms with Crippen molar-refractivity contribution in [1.29, 1.82) is 0 Å². The first-order valence-electron chi connectivity index (χ1n) is 4.73. The van der Waals surface area contributed by atoms with Crippen molar-refractivity contribution in [3.05, 3.63) is 29.8 Å². The zero-order valence-corrected chi connectivity index (χ0v) is 8.53. The fourth-order valence-electron chi connectivity index (χ4n) is 1.78. The van der Waals surface area contributed by atoms with Crippen LogP contribution in [0.25, 0.3) is 0 Å². The van der Waals surface area contributed by atoms with Gasteiger partial charge in [0.2, 0.25) is 0 Å². The molecule has 74 valence electrons. The second-order valence-electron chi connectivity index (χ2n) is 3.41. The molecule has 1 aliphatic rings. The summed E-state index contributed by atoms with van der Waals surface area (Å²) in [6.07, 6.45) is 0.946. The maximum absolute atomic E-state index is 4.84. The van der Waals surface area contributed by atoms with E-state index in [2.05, 4.69) is 29.2 Å². The third-order valence-electron chi connectivity index (χ3n) is 2.51. The molecule has 1 aromatic carbocycles. The van der Waals surface area contributed by atoms with E-state index in [1.165, 1.54) is 11.3 Å². The molecule has 0 fully saturated rings. The van der Waals surface area contributed by atoms with Gasteiger partial charge in [-0.2, -0.15) is 0 Å². The Hall–Kier alpha value is -1.51. The van der Waals surface area contributed by atoms with Crippen LogP contribution in [0.15, 0.2) is 29.4 Å². The van der Waals surface area contributed by atoms with Gasteiger partial charge in [-0.25, -0.2) is 0 Å². The van der Waals surface area contributed by atoms with Crippen LogP contribution in [-0.4, -0.2) is 26.4 Å². The maximum atomic E-state index is 4.84. The number of oxime groups is 1. The summed E-state index contributed by atoms with van der Waals surface area (Å²) in [6, 6.07) is 8.27. The van der Waals surface area contributed by atoms with E-state index in [1.807, 2.05) is 12.1 Å². The number of rotatable bonds is 1. The van der Waals surface area contributed by atoms with Crippen molar-refractivity contribution in [2.24, 2.45) is 5.16 Å². The molecule has 0 unspecified atom stereocenters. The SMILES string of the molecule is CO/N=C1\CCN(C)c2ccccc21. The van der Waals surface area contributed by atoms with Crippen LogP contribution in [0.3, 0.4) is 0 Å². The summed E-state index contributed by atoms with van der Waals surface area (Å²) < 4.78 is 0. The third-order valence-corrected chi connectivity index (χ3v) is 2.51. The lowest BCUT2D eigenvalue weighted by molar-refractivity contribution is 0.212. The predicted molar refractivity (Wildman–Crippen MR) is 57.9 cm³/mol. The van der Waals surface area contributed by atoms with Crippen molar-refractivity contribution in [2.75, 3.05) is 25.6 Å². The van der Waals surface area contributed by atoms with Gasteiger partial charge in [0, 0.05) is 31.3 Å². The average Bonchev–Trinajstić information content (AvgIpc) is 2.23. The van der Waals surface area contributed by atoms with Gasteiger partial charge < -0.3 is 9.74 Å². The van der Waals surface area contributed by atoms with Crippen molar-refractivity contribution in [3.63, 3.8) is 0 Å². The van der Waals surface area contributed by atoms with Crippen LogP contribution in [0.2, 0.25) is 0 Å². The van der Waals surface area contributed by atoms with Gasteiger partial charge in [0.25, 0.3) is 0 Å². The largest absolute Gasteiger partial charge is 0.399 e. The van der Waals surface area contributed by atoms with Crippen LogP contribution in [0.4, 0.5) is 5.69 Å². The fourth-order valence-corrected chi connectivity index (χ4v) is 1.78. The van der Waals surface area contributed by atoms with E-state index < -0.39 is 0 Å². The van der Waals surface area contributed by atoms with E-state index in [0.29, 0.717) is 0 Å². The summed E-state index contributed by atoms with van der Waals surface area (Å²) in [7, 11) is 3.69. The van der Waals surface area contributed by atoms with Gasteiger partial charge >= 0.3 is 0 Å². The fraction of sp³-hybridized carbons (Fsp3) is 0.364. The molecule has 0 spiro atoms. The Labute approximate surface area is 84.0 Å². The van der Waals surface area contributed by atoms with Crippen molar-refractivity contribution < 1.29 is 4.84 Å². The van der Waals surface area contributed by atoms with Gasteiger partial charge in [-0.1, -0.05) is 23.4 Å². The molecule has 0 atom stereocenters. The van der Waals surface area contributed by atoms with Crippen molar-refractivity contribution >= 4 is 11.4 Å². The van der Waals surface area contributed by atoms with E-state index in [-0.39, 0.29) is 0 Å². The van der Waals surface area contributed by atoms with Gasteiger partial charge in [-0.3, -0.25) is 0 Å². The lowest BCUT2D eigenvalue weighted by Gasteiger charge is -2.27. The number of fused-ring (bicyclic) bond motifs is 1. The highest BCUT2D eigenvalue weighted by atomic mass is 16.6. The summed E-state index contributed by atoms with van der Waals surface area (Å²) >= 11 is 0. The topological polar surface area (TPSA) is 24.8 Å². The zero-order valence-electron chi connectivity index (χ0n) is 8.53. The molecule has 0 N–H and O–H groups in total. The quantitative estimate of drug-likeness (QED) is 0.631. The smallest absolute Gasteiger partial charge is 0.106 e. The Morgan fingerprint density at radius 3 is 2.93 bits per heavy atom. The molecule has 0 saturated heterocycles. The molecular formula is C11H14N2O. The molecule has 0 radical (unpaired) electrons. The number of benzene rings is 1. The van der Waals surface area contributed by atoms with Crippen LogP contribution < -0.4 is 4.90 Å². The Kier molecular flexibility index (Phi) is 2.39. The monoisotopic (exact) mass is 190 g/mol. The van der Waals surface area contributed by atoms with Crippen LogP contribution in [0.1, 0.15) is 12.0 Å². The van der Waals surface area contributed by atoms with Crippen LogP contribution in [-0.2, 0) is 4.84 Å². The molecule has 14 heavy (non-hydrogen) atoms. The highest BCUT2D eigenvalue weighted by Crippen LogP contribution is 2.25. The predicted octanol–water partition coefficient (Wildman–Crippen LogP) is 1.88. The molecule has 1 aliphatic heterocycles. The van der Waals surface area contributed by atoms with E-state index in [9.17, 15) is 0 Å². The second-order valence-corrected chi connectivity index (χ2v) is 3.41. The van der Waals surface area contributed by atoms with Gasteiger partial charge in [0.15, 0.2) is 0 Å². The number of anilines is 1. The summed E-state index contributed by atoms with van der Waals surface area (Å²) in [5, 5.41) is 4.05. The highest BCUT2D eigenvalue weighted by Gasteiger charge is 2.18. The molecule has 2 rings (SSSR count). The molecule has 0 amide bonds. The molecule has 1 aromatic rings. The van der Waals surface area contributed by atoms with E-state index >= 15 is 0 Å². The second kappa shape index (κ2) is 3.70. The van der Waals surface area contributed by atoms with Crippen LogP contribution >= 0.6 is 0 Å². The number of hydrogen-bond donors (Lipinski definition) is 0. The highest BCUT2D eigenvalue weighted by molar-refractivity contribution is 6.06. The average molecular weight is 190 g/mol. The van der Waals surface area contributed by atoms with Crippen molar-refractivity contribution in [3.8, 4) is 0 Å². The van der Waals surface area contributed by atoms with Gasteiger partial charge in [-0.05, 0) is 6.07 Å². The first-order valence-corrected chi connectivity index (χ1v) is 4.73. The van der Waals surface area contributed by atoms with Crippen LogP contribution in [0, 0.1) is 0 Å². The van der Waals surface area contributed by atoms with E-state index in [0.717, 1.165) is 18.7 Å². The Balaban J connectivity index is 2.47. The Morgan fingerprint density at radius 1 is 1.36 bits per heavy atom. The van der Waals surface area contributed by atoms with E-state index in [1.54, 1.807) is 7.11 Å². The third kappa shape index (κ3) is 1.45. The minimum Gasteiger partial charge on any atom is -0.399 e. The molecule has 3 nitrogen and oxygen atoms in total. The van der Waals surface area contributed by atoms with E-state index in [4.69, 9.17) is 4.84 Å². The van der Waals surface area contributed by atoms with Crippen LogP contribution in [0.5, 0.6) is 0 Å². The zero-order chi connectivity index (χ0) is 9.97. The van der Waals surface area contributed by atoms with Crippen molar-refractivity contribution in [2.45, 2.75) is 6.42 Å². The summed E-state index contributed by atoms with van der Waals surface area (Å²) in [6.45, 7) is 0.999.